The molecular formula is C19H18N2O4. The Labute approximate surface area is 145 Å². The van der Waals surface area contributed by atoms with E-state index in [1.54, 1.807) is 37.3 Å². The van der Waals surface area contributed by atoms with Gasteiger partial charge < -0.3 is 4.74 Å². The van der Waals surface area contributed by atoms with Crippen LogP contribution in [0.25, 0.3) is 0 Å². The monoisotopic (exact) mass is 338 g/mol. The van der Waals surface area contributed by atoms with E-state index in [2.05, 4.69) is 5.32 Å². The summed E-state index contributed by atoms with van der Waals surface area (Å²) in [4.78, 5) is 37.7. The highest BCUT2D eigenvalue weighted by Crippen LogP contribution is 2.23. The molecule has 2 aromatic rings. The van der Waals surface area contributed by atoms with Gasteiger partial charge >= 0.3 is 6.09 Å². The van der Waals surface area contributed by atoms with Crippen molar-refractivity contribution in [3.63, 3.8) is 0 Å². The number of aryl methyl sites for hydroxylation is 1. The first-order valence-corrected chi connectivity index (χ1v) is 7.96. The van der Waals surface area contributed by atoms with Crippen LogP contribution in [0.3, 0.4) is 0 Å². The number of carbonyl (C=O) groups is 3. The van der Waals surface area contributed by atoms with Crippen molar-refractivity contribution in [1.29, 1.82) is 0 Å². The highest BCUT2D eigenvalue weighted by Gasteiger charge is 2.36. The number of para-hydroxylation sites is 1. The third-order valence-corrected chi connectivity index (χ3v) is 4.01. The molecule has 6 heteroatoms. The molecule has 1 aliphatic rings. The molecule has 1 heterocycles. The van der Waals surface area contributed by atoms with Crippen LogP contribution in [0, 0.1) is 6.92 Å². The van der Waals surface area contributed by atoms with Crippen LogP contribution >= 0.6 is 0 Å². The van der Waals surface area contributed by atoms with Crippen LogP contribution in [-0.4, -0.2) is 35.5 Å². The van der Waals surface area contributed by atoms with Crippen LogP contribution in [0.4, 0.5) is 10.5 Å². The van der Waals surface area contributed by atoms with Crippen LogP contribution < -0.4 is 5.32 Å². The summed E-state index contributed by atoms with van der Waals surface area (Å²) in [6, 6.07) is 14.0. The van der Waals surface area contributed by atoms with Crippen molar-refractivity contribution >= 4 is 23.6 Å². The van der Waals surface area contributed by atoms with Gasteiger partial charge in [-0.3, -0.25) is 19.8 Å². The van der Waals surface area contributed by atoms with Crippen LogP contribution in [0.1, 0.15) is 33.2 Å². The van der Waals surface area contributed by atoms with Crippen molar-refractivity contribution in [2.24, 2.45) is 0 Å². The molecule has 0 spiro atoms. The predicted molar refractivity (Wildman–Crippen MR) is 92.6 cm³/mol. The van der Waals surface area contributed by atoms with E-state index in [0.29, 0.717) is 16.8 Å². The summed E-state index contributed by atoms with van der Waals surface area (Å²) in [6.07, 6.45) is -1.26. The van der Waals surface area contributed by atoms with Crippen molar-refractivity contribution < 1.29 is 19.1 Å². The van der Waals surface area contributed by atoms with Crippen LogP contribution in [-0.2, 0) is 4.74 Å². The van der Waals surface area contributed by atoms with E-state index in [1.165, 1.54) is 0 Å². The number of carbonyl (C=O) groups excluding carboxylic acids is 3. The molecule has 6 nitrogen and oxygen atoms in total. The number of ether oxygens (including phenoxy) is 1. The van der Waals surface area contributed by atoms with Gasteiger partial charge in [0.2, 0.25) is 0 Å². The number of nitrogens with zero attached hydrogens (tertiary/aromatic N) is 1. The molecule has 128 valence electrons. The smallest absolute Gasteiger partial charge is 0.411 e. The predicted octanol–water partition coefficient (Wildman–Crippen LogP) is 3.23. The fraction of sp³-hybridized carbons (Fsp3) is 0.211. The number of imide groups is 1. The molecule has 1 N–H and O–H groups in total. The van der Waals surface area contributed by atoms with Crippen LogP contribution in [0.2, 0.25) is 0 Å². The second-order valence-corrected chi connectivity index (χ2v) is 5.92. The molecule has 1 aliphatic heterocycles. The van der Waals surface area contributed by atoms with Gasteiger partial charge in [-0.1, -0.05) is 30.3 Å². The fourth-order valence-corrected chi connectivity index (χ4v) is 2.73. The lowest BCUT2D eigenvalue weighted by atomic mass is 10.1. The average Bonchev–Trinajstić information content (AvgIpc) is 2.82. The minimum absolute atomic E-state index is 0.00748. The summed E-state index contributed by atoms with van der Waals surface area (Å²) in [7, 11) is 0. The van der Waals surface area contributed by atoms with Gasteiger partial charge in [0.05, 0.1) is 17.7 Å². The number of hydrogen-bond acceptors (Lipinski definition) is 4. The van der Waals surface area contributed by atoms with E-state index >= 15 is 0 Å². The van der Waals surface area contributed by atoms with E-state index in [4.69, 9.17) is 4.74 Å². The Morgan fingerprint density at radius 2 is 1.60 bits per heavy atom. The number of anilines is 1. The third-order valence-electron chi connectivity index (χ3n) is 4.01. The Kier molecular flexibility index (Phi) is 4.52. The molecule has 0 fully saturated rings. The molecule has 1 unspecified atom stereocenters. The Morgan fingerprint density at radius 1 is 1.04 bits per heavy atom. The summed E-state index contributed by atoms with van der Waals surface area (Å²) in [5.74, 6) is -0.731. The molecule has 3 amide bonds. The lowest BCUT2D eigenvalue weighted by Gasteiger charge is -2.20. The minimum atomic E-state index is -0.633. The summed E-state index contributed by atoms with van der Waals surface area (Å²) >= 11 is 0. The van der Waals surface area contributed by atoms with Gasteiger partial charge in [-0.2, -0.15) is 0 Å². The number of fused-ring (bicyclic) bond motifs is 1. The summed E-state index contributed by atoms with van der Waals surface area (Å²) in [5, 5.41) is 2.66. The highest BCUT2D eigenvalue weighted by atomic mass is 16.6. The fourth-order valence-electron chi connectivity index (χ4n) is 2.73. The topological polar surface area (TPSA) is 75.7 Å². The van der Waals surface area contributed by atoms with E-state index < -0.39 is 12.2 Å². The molecule has 3 rings (SSSR count). The van der Waals surface area contributed by atoms with Crippen molar-refractivity contribution in [1.82, 2.24) is 4.90 Å². The van der Waals surface area contributed by atoms with Gasteiger partial charge in [0.1, 0.15) is 6.10 Å². The highest BCUT2D eigenvalue weighted by molar-refractivity contribution is 6.21. The molecular weight excluding hydrogens is 320 g/mol. The standard InChI is InChI=1S/C19H18N2O4/c1-12-7-3-6-10-16(12)20-19(24)25-13(2)11-21-17(22)14-8-4-5-9-15(14)18(21)23/h3-10,13H,11H2,1-2H3,(H,20,24). The van der Waals surface area contributed by atoms with Crippen molar-refractivity contribution in [2.75, 3.05) is 11.9 Å². The maximum atomic E-state index is 12.3. The third kappa shape index (κ3) is 3.38. The van der Waals surface area contributed by atoms with Gasteiger partial charge in [0.25, 0.3) is 11.8 Å². The Morgan fingerprint density at radius 3 is 2.20 bits per heavy atom. The molecule has 0 saturated carbocycles. The molecule has 0 radical (unpaired) electrons. The quantitative estimate of drug-likeness (QED) is 0.869. The van der Waals surface area contributed by atoms with E-state index in [0.717, 1.165) is 10.5 Å². The summed E-state index contributed by atoms with van der Waals surface area (Å²) in [5.41, 5.74) is 2.32. The number of amides is 3. The van der Waals surface area contributed by atoms with Gasteiger partial charge in [0.15, 0.2) is 0 Å². The number of hydrogen-bond donors (Lipinski definition) is 1. The Balaban J connectivity index is 1.61. The number of nitrogens with one attached hydrogen (secondary N) is 1. The zero-order valence-electron chi connectivity index (χ0n) is 14.0. The second kappa shape index (κ2) is 6.76. The van der Waals surface area contributed by atoms with Gasteiger partial charge in [-0.25, -0.2) is 4.79 Å². The first kappa shape index (κ1) is 16.7. The van der Waals surface area contributed by atoms with Crippen LogP contribution in [0.15, 0.2) is 48.5 Å². The summed E-state index contributed by atoms with van der Waals surface area (Å²) < 4.78 is 5.27. The first-order chi connectivity index (χ1) is 12.0. The molecule has 0 aromatic heterocycles. The average molecular weight is 338 g/mol. The first-order valence-electron chi connectivity index (χ1n) is 7.96. The number of rotatable bonds is 4. The molecule has 0 bridgehead atoms. The minimum Gasteiger partial charge on any atom is -0.444 e. The normalized spacial score (nSPS) is 14.2. The van der Waals surface area contributed by atoms with E-state index in [1.807, 2.05) is 25.1 Å². The summed E-state index contributed by atoms with van der Waals surface area (Å²) in [6.45, 7) is 3.52. The van der Waals surface area contributed by atoms with Crippen molar-refractivity contribution in [3.8, 4) is 0 Å². The zero-order chi connectivity index (χ0) is 18.0. The molecule has 25 heavy (non-hydrogen) atoms. The lowest BCUT2D eigenvalue weighted by Crippen LogP contribution is -2.38. The molecule has 1 atom stereocenters. The molecule has 0 saturated heterocycles. The largest absolute Gasteiger partial charge is 0.444 e. The maximum absolute atomic E-state index is 12.3. The van der Waals surface area contributed by atoms with Crippen molar-refractivity contribution in [2.45, 2.75) is 20.0 Å². The second-order valence-electron chi connectivity index (χ2n) is 5.92. The zero-order valence-corrected chi connectivity index (χ0v) is 14.0. The molecule has 2 aromatic carbocycles. The van der Waals surface area contributed by atoms with Gasteiger partial charge in [-0.15, -0.1) is 0 Å². The van der Waals surface area contributed by atoms with Crippen LogP contribution in [0.5, 0.6) is 0 Å². The van der Waals surface area contributed by atoms with E-state index in [9.17, 15) is 14.4 Å². The van der Waals surface area contributed by atoms with E-state index in [-0.39, 0.29) is 18.4 Å². The van der Waals surface area contributed by atoms with Gasteiger partial charge in [0, 0.05) is 5.69 Å². The van der Waals surface area contributed by atoms with Gasteiger partial charge in [-0.05, 0) is 37.6 Å². The lowest BCUT2D eigenvalue weighted by molar-refractivity contribution is 0.0525. The Bertz CT molecular complexity index is 812. The van der Waals surface area contributed by atoms with Crippen molar-refractivity contribution in [3.05, 3.63) is 65.2 Å². The Hall–Kier alpha value is -3.15. The SMILES string of the molecule is Cc1ccccc1NC(=O)OC(C)CN1C(=O)c2ccccc2C1=O. The maximum Gasteiger partial charge on any atom is 0.411 e. The number of benzene rings is 2. The molecule has 0 aliphatic carbocycles.